The summed E-state index contributed by atoms with van der Waals surface area (Å²) >= 11 is 7.72. The fourth-order valence-corrected chi connectivity index (χ4v) is 2.25. The van der Waals surface area contributed by atoms with E-state index in [0.29, 0.717) is 13.0 Å². The molecule has 0 aliphatic carbocycles. The summed E-state index contributed by atoms with van der Waals surface area (Å²) in [7, 11) is 0. The molecular formula is C13H19ClN2OS. The highest BCUT2D eigenvalue weighted by molar-refractivity contribution is 7.98. The van der Waals surface area contributed by atoms with Gasteiger partial charge in [0.15, 0.2) is 0 Å². The maximum Gasteiger partial charge on any atom is 0.236 e. The van der Waals surface area contributed by atoms with E-state index in [2.05, 4.69) is 5.32 Å². The van der Waals surface area contributed by atoms with Gasteiger partial charge in [0.25, 0.3) is 0 Å². The third-order valence-corrected chi connectivity index (χ3v) is 3.63. The molecule has 1 amide bonds. The zero-order valence-corrected chi connectivity index (χ0v) is 12.1. The number of carbonyl (C=O) groups excluding carboxylic acids is 1. The van der Waals surface area contributed by atoms with Gasteiger partial charge in [-0.25, -0.2) is 0 Å². The van der Waals surface area contributed by atoms with Crippen molar-refractivity contribution in [1.29, 1.82) is 0 Å². The predicted molar refractivity (Wildman–Crippen MR) is 79.1 cm³/mol. The molecule has 0 aliphatic heterocycles. The third-order valence-electron chi connectivity index (χ3n) is 2.62. The van der Waals surface area contributed by atoms with Crippen LogP contribution < -0.4 is 11.1 Å². The lowest BCUT2D eigenvalue weighted by molar-refractivity contribution is -0.122. The average Bonchev–Trinajstić information content (AvgIpc) is 2.38. The average molecular weight is 287 g/mol. The number of amides is 1. The first kappa shape index (κ1) is 15.3. The van der Waals surface area contributed by atoms with E-state index in [1.165, 1.54) is 0 Å². The Kier molecular flexibility index (Phi) is 7.16. The summed E-state index contributed by atoms with van der Waals surface area (Å²) in [6, 6.07) is 7.23. The lowest BCUT2D eigenvalue weighted by Crippen LogP contribution is -2.41. The van der Waals surface area contributed by atoms with Crippen LogP contribution in [0.4, 0.5) is 0 Å². The summed E-state index contributed by atoms with van der Waals surface area (Å²) in [5.74, 6) is 0.815. The predicted octanol–water partition coefficient (Wildman–Crippen LogP) is 2.08. The van der Waals surface area contributed by atoms with Crippen molar-refractivity contribution < 1.29 is 4.79 Å². The molecule has 3 nitrogen and oxygen atoms in total. The fourth-order valence-electron chi connectivity index (χ4n) is 1.53. The summed E-state index contributed by atoms with van der Waals surface area (Å²) in [6.07, 6.45) is 3.43. The smallest absolute Gasteiger partial charge is 0.236 e. The summed E-state index contributed by atoms with van der Waals surface area (Å²) in [5.41, 5.74) is 6.80. The number of carbonyl (C=O) groups is 1. The Balaban J connectivity index is 2.29. The van der Waals surface area contributed by atoms with Gasteiger partial charge < -0.3 is 11.1 Å². The molecule has 0 spiro atoms. The number of nitrogens with one attached hydrogen (secondary N) is 1. The van der Waals surface area contributed by atoms with Gasteiger partial charge in [-0.15, -0.1) is 0 Å². The zero-order chi connectivity index (χ0) is 13.4. The van der Waals surface area contributed by atoms with Gasteiger partial charge in [-0.1, -0.05) is 29.8 Å². The molecule has 0 fully saturated rings. The lowest BCUT2D eigenvalue weighted by atomic mass is 10.1. The highest BCUT2D eigenvalue weighted by Gasteiger charge is 2.11. The normalized spacial score (nSPS) is 12.2. The van der Waals surface area contributed by atoms with Crippen LogP contribution in [0.3, 0.4) is 0 Å². The van der Waals surface area contributed by atoms with Crippen LogP contribution in [0.25, 0.3) is 0 Å². The lowest BCUT2D eigenvalue weighted by Gasteiger charge is -2.11. The van der Waals surface area contributed by atoms with Crippen molar-refractivity contribution in [1.82, 2.24) is 5.32 Å². The summed E-state index contributed by atoms with van der Waals surface area (Å²) < 4.78 is 0. The number of thioether (sulfide) groups is 1. The minimum absolute atomic E-state index is 0.0869. The van der Waals surface area contributed by atoms with E-state index in [0.717, 1.165) is 22.8 Å². The second-order valence-corrected chi connectivity index (χ2v) is 5.41. The molecule has 0 unspecified atom stereocenters. The third kappa shape index (κ3) is 5.29. The molecule has 5 heteroatoms. The number of nitrogens with two attached hydrogens (primary N) is 1. The summed E-state index contributed by atoms with van der Waals surface area (Å²) in [6.45, 7) is 0.565. The van der Waals surface area contributed by atoms with Crippen LogP contribution in [0.15, 0.2) is 24.3 Å². The molecule has 0 aromatic heterocycles. The minimum Gasteiger partial charge on any atom is -0.354 e. The highest BCUT2D eigenvalue weighted by atomic mass is 35.5. The van der Waals surface area contributed by atoms with Crippen LogP contribution in [0.2, 0.25) is 5.02 Å². The van der Waals surface area contributed by atoms with Crippen molar-refractivity contribution in [3.05, 3.63) is 34.9 Å². The molecule has 1 rings (SSSR count). The van der Waals surface area contributed by atoms with E-state index >= 15 is 0 Å². The molecule has 0 saturated heterocycles. The molecule has 0 heterocycles. The SMILES string of the molecule is CSCC[C@H](N)C(=O)NCCc1ccccc1Cl. The Hall–Kier alpha value is -0.710. The van der Waals surface area contributed by atoms with Crippen molar-refractivity contribution in [2.45, 2.75) is 18.9 Å². The van der Waals surface area contributed by atoms with Crippen LogP contribution >= 0.6 is 23.4 Å². The fraction of sp³-hybridized carbons (Fsp3) is 0.462. The molecule has 0 bridgehead atoms. The topological polar surface area (TPSA) is 55.1 Å². The van der Waals surface area contributed by atoms with Gasteiger partial charge in [-0.2, -0.15) is 11.8 Å². The molecule has 1 atom stereocenters. The van der Waals surface area contributed by atoms with E-state index < -0.39 is 6.04 Å². The summed E-state index contributed by atoms with van der Waals surface area (Å²) in [5, 5.41) is 3.57. The second kappa shape index (κ2) is 8.40. The van der Waals surface area contributed by atoms with Crippen LogP contribution in [-0.2, 0) is 11.2 Å². The molecular weight excluding hydrogens is 268 g/mol. The van der Waals surface area contributed by atoms with Gasteiger partial charge in [0, 0.05) is 11.6 Å². The molecule has 0 aliphatic rings. The molecule has 1 aromatic rings. The van der Waals surface area contributed by atoms with Gasteiger partial charge in [0.2, 0.25) is 5.91 Å². The largest absolute Gasteiger partial charge is 0.354 e. The molecule has 3 N–H and O–H groups in total. The molecule has 0 radical (unpaired) electrons. The minimum atomic E-state index is -0.413. The van der Waals surface area contributed by atoms with Crippen LogP contribution in [-0.4, -0.2) is 30.5 Å². The van der Waals surface area contributed by atoms with E-state index in [4.69, 9.17) is 17.3 Å². The number of halogens is 1. The van der Waals surface area contributed by atoms with Crippen molar-refractivity contribution in [2.24, 2.45) is 5.73 Å². The maximum absolute atomic E-state index is 11.6. The first-order chi connectivity index (χ1) is 8.65. The molecule has 1 aromatic carbocycles. The van der Waals surface area contributed by atoms with E-state index in [9.17, 15) is 4.79 Å². The van der Waals surface area contributed by atoms with Crippen molar-refractivity contribution in [3.63, 3.8) is 0 Å². The van der Waals surface area contributed by atoms with Crippen LogP contribution in [0, 0.1) is 0 Å². The van der Waals surface area contributed by atoms with Gasteiger partial charge >= 0.3 is 0 Å². The van der Waals surface area contributed by atoms with E-state index in [1.54, 1.807) is 11.8 Å². The quantitative estimate of drug-likeness (QED) is 0.807. The summed E-state index contributed by atoms with van der Waals surface area (Å²) in [4.78, 5) is 11.6. The Morgan fingerprint density at radius 3 is 2.89 bits per heavy atom. The monoisotopic (exact) mass is 286 g/mol. The van der Waals surface area contributed by atoms with Gasteiger partial charge in [0.05, 0.1) is 6.04 Å². The number of hydrogen-bond acceptors (Lipinski definition) is 3. The standard InChI is InChI=1S/C13H19ClN2OS/c1-18-9-7-12(15)13(17)16-8-6-10-4-2-3-5-11(10)14/h2-5,12H,6-9,15H2,1H3,(H,16,17)/t12-/m0/s1. The number of rotatable bonds is 7. The molecule has 100 valence electrons. The van der Waals surface area contributed by atoms with Crippen LogP contribution in [0.1, 0.15) is 12.0 Å². The zero-order valence-electron chi connectivity index (χ0n) is 10.5. The van der Waals surface area contributed by atoms with Crippen molar-refractivity contribution >= 4 is 29.3 Å². The number of hydrogen-bond donors (Lipinski definition) is 2. The highest BCUT2D eigenvalue weighted by Crippen LogP contribution is 2.14. The molecule has 0 saturated carbocycles. The first-order valence-electron chi connectivity index (χ1n) is 5.90. The van der Waals surface area contributed by atoms with Gasteiger partial charge in [-0.3, -0.25) is 4.79 Å². The Bertz CT molecular complexity index is 387. The maximum atomic E-state index is 11.6. The first-order valence-corrected chi connectivity index (χ1v) is 7.68. The van der Waals surface area contributed by atoms with E-state index in [-0.39, 0.29) is 5.91 Å². The van der Waals surface area contributed by atoms with Crippen LogP contribution in [0.5, 0.6) is 0 Å². The second-order valence-electron chi connectivity index (χ2n) is 4.02. The molecule has 18 heavy (non-hydrogen) atoms. The van der Waals surface area contributed by atoms with Gasteiger partial charge in [-0.05, 0) is 36.5 Å². The Morgan fingerprint density at radius 1 is 1.50 bits per heavy atom. The number of benzene rings is 1. The Labute approximate surface area is 117 Å². The van der Waals surface area contributed by atoms with Crippen molar-refractivity contribution in [2.75, 3.05) is 18.6 Å². The van der Waals surface area contributed by atoms with E-state index in [1.807, 2.05) is 30.5 Å². The van der Waals surface area contributed by atoms with Crippen molar-refractivity contribution in [3.8, 4) is 0 Å². The van der Waals surface area contributed by atoms with Gasteiger partial charge in [0.1, 0.15) is 0 Å². The Morgan fingerprint density at radius 2 is 2.22 bits per heavy atom.